The first kappa shape index (κ1) is 17.8. The first-order valence-corrected chi connectivity index (χ1v) is 7.39. The zero-order valence-corrected chi connectivity index (χ0v) is 13.2. The molecule has 0 saturated carbocycles. The standard InChI is InChI=1S/C16H15ClF2N2O3/c17-11-5-7-12(8-6-11)23-10-9-20-16(22)21-13-3-1-2-4-14(13)24-15(18)19/h1-8,15H,9-10H2,(H2,20,21,22). The van der Waals surface area contributed by atoms with Crippen molar-refractivity contribution in [3.05, 3.63) is 53.6 Å². The number of halogens is 3. The van der Waals surface area contributed by atoms with E-state index >= 15 is 0 Å². The van der Waals surface area contributed by atoms with Crippen LogP contribution in [-0.2, 0) is 0 Å². The van der Waals surface area contributed by atoms with Gasteiger partial charge in [-0.3, -0.25) is 0 Å². The number of nitrogens with one attached hydrogen (secondary N) is 2. The molecule has 0 atom stereocenters. The quantitative estimate of drug-likeness (QED) is 0.733. The van der Waals surface area contributed by atoms with Crippen molar-refractivity contribution in [2.45, 2.75) is 6.61 Å². The molecule has 2 aromatic rings. The molecule has 0 saturated heterocycles. The molecule has 2 N–H and O–H groups in total. The zero-order valence-electron chi connectivity index (χ0n) is 12.5. The number of carbonyl (C=O) groups is 1. The third kappa shape index (κ3) is 5.92. The number of alkyl halides is 2. The maximum absolute atomic E-state index is 12.3. The lowest BCUT2D eigenvalue weighted by molar-refractivity contribution is -0.0493. The van der Waals surface area contributed by atoms with Gasteiger partial charge in [-0.15, -0.1) is 0 Å². The van der Waals surface area contributed by atoms with Crippen molar-refractivity contribution in [1.82, 2.24) is 5.32 Å². The Labute approximate surface area is 142 Å². The first-order valence-electron chi connectivity index (χ1n) is 7.01. The molecule has 0 aliphatic rings. The molecule has 5 nitrogen and oxygen atoms in total. The summed E-state index contributed by atoms with van der Waals surface area (Å²) in [6, 6.07) is 12.2. The molecular formula is C16H15ClF2N2O3. The molecule has 0 fully saturated rings. The number of para-hydroxylation sites is 2. The van der Waals surface area contributed by atoms with Crippen LogP contribution in [0.3, 0.4) is 0 Å². The van der Waals surface area contributed by atoms with Crippen molar-refractivity contribution >= 4 is 23.3 Å². The van der Waals surface area contributed by atoms with Crippen LogP contribution in [0.4, 0.5) is 19.3 Å². The molecule has 128 valence electrons. The van der Waals surface area contributed by atoms with E-state index in [-0.39, 0.29) is 24.6 Å². The molecule has 8 heteroatoms. The van der Waals surface area contributed by atoms with Gasteiger partial charge >= 0.3 is 12.6 Å². The van der Waals surface area contributed by atoms with Gasteiger partial charge in [-0.1, -0.05) is 23.7 Å². The number of benzene rings is 2. The Morgan fingerprint density at radius 2 is 1.83 bits per heavy atom. The van der Waals surface area contributed by atoms with Crippen LogP contribution in [0.25, 0.3) is 0 Å². The van der Waals surface area contributed by atoms with Crippen LogP contribution >= 0.6 is 11.6 Å². The third-order valence-electron chi connectivity index (χ3n) is 2.82. The molecule has 0 aromatic heterocycles. The number of rotatable bonds is 7. The molecule has 2 amide bonds. The molecule has 2 aromatic carbocycles. The van der Waals surface area contributed by atoms with Crippen molar-refractivity contribution in [1.29, 1.82) is 0 Å². The fourth-order valence-corrected chi connectivity index (χ4v) is 1.93. The number of amides is 2. The summed E-state index contributed by atoms with van der Waals surface area (Å²) >= 11 is 5.76. The van der Waals surface area contributed by atoms with Gasteiger partial charge in [0.05, 0.1) is 12.2 Å². The van der Waals surface area contributed by atoms with Crippen LogP contribution in [0.1, 0.15) is 0 Å². The molecular weight excluding hydrogens is 342 g/mol. The maximum Gasteiger partial charge on any atom is 0.387 e. The van der Waals surface area contributed by atoms with E-state index in [9.17, 15) is 13.6 Å². The number of hydrogen-bond acceptors (Lipinski definition) is 3. The van der Waals surface area contributed by atoms with Gasteiger partial charge in [-0.25, -0.2) is 4.79 Å². The summed E-state index contributed by atoms with van der Waals surface area (Å²) in [7, 11) is 0. The second-order valence-corrected chi connectivity index (χ2v) is 4.99. The molecule has 0 spiro atoms. The van der Waals surface area contributed by atoms with E-state index in [1.807, 2.05) is 0 Å². The summed E-state index contributed by atoms with van der Waals surface area (Å²) in [5, 5.41) is 5.59. The Kier molecular flexibility index (Phi) is 6.62. The summed E-state index contributed by atoms with van der Waals surface area (Å²) in [5.41, 5.74) is 0.147. The molecule has 0 unspecified atom stereocenters. The Bertz CT molecular complexity index is 669. The Hall–Kier alpha value is -2.54. The van der Waals surface area contributed by atoms with Gasteiger partial charge in [0.25, 0.3) is 0 Å². The Morgan fingerprint density at radius 1 is 1.12 bits per heavy atom. The number of urea groups is 1. The van der Waals surface area contributed by atoms with Gasteiger partial charge in [0.1, 0.15) is 18.1 Å². The number of anilines is 1. The van der Waals surface area contributed by atoms with Crippen molar-refractivity contribution < 1.29 is 23.0 Å². The highest BCUT2D eigenvalue weighted by Crippen LogP contribution is 2.25. The fraction of sp³-hybridized carbons (Fsp3) is 0.188. The molecule has 2 rings (SSSR count). The highest BCUT2D eigenvalue weighted by Gasteiger charge is 2.11. The Balaban J connectivity index is 1.76. The minimum absolute atomic E-state index is 0.111. The lowest BCUT2D eigenvalue weighted by Gasteiger charge is -2.12. The summed E-state index contributed by atoms with van der Waals surface area (Å²) in [4.78, 5) is 11.8. The highest BCUT2D eigenvalue weighted by atomic mass is 35.5. The first-order chi connectivity index (χ1) is 11.5. The predicted molar refractivity (Wildman–Crippen MR) is 87.0 cm³/mol. The largest absolute Gasteiger partial charge is 0.492 e. The number of ether oxygens (including phenoxy) is 2. The van der Waals surface area contributed by atoms with Crippen LogP contribution in [0.15, 0.2) is 48.5 Å². The molecule has 0 radical (unpaired) electrons. The van der Waals surface area contributed by atoms with E-state index in [0.717, 1.165) is 0 Å². The lowest BCUT2D eigenvalue weighted by atomic mass is 10.3. The SMILES string of the molecule is O=C(NCCOc1ccc(Cl)cc1)Nc1ccccc1OC(F)F. The van der Waals surface area contributed by atoms with E-state index < -0.39 is 12.6 Å². The van der Waals surface area contributed by atoms with Gasteiger partial charge in [-0.2, -0.15) is 8.78 Å². The van der Waals surface area contributed by atoms with Gasteiger partial charge in [0.15, 0.2) is 0 Å². The molecule has 0 aliphatic heterocycles. The number of carbonyl (C=O) groups excluding carboxylic acids is 1. The fourth-order valence-electron chi connectivity index (χ4n) is 1.80. The molecule has 24 heavy (non-hydrogen) atoms. The monoisotopic (exact) mass is 356 g/mol. The van der Waals surface area contributed by atoms with Gasteiger partial charge in [0.2, 0.25) is 0 Å². The van der Waals surface area contributed by atoms with E-state index in [0.29, 0.717) is 10.8 Å². The minimum atomic E-state index is -2.97. The van der Waals surface area contributed by atoms with Crippen LogP contribution in [0.5, 0.6) is 11.5 Å². The van der Waals surface area contributed by atoms with Gasteiger partial charge in [-0.05, 0) is 36.4 Å². The normalized spacial score (nSPS) is 10.3. The van der Waals surface area contributed by atoms with E-state index in [1.54, 1.807) is 30.3 Å². The average Bonchev–Trinajstić information content (AvgIpc) is 2.55. The van der Waals surface area contributed by atoms with Crippen LogP contribution in [-0.4, -0.2) is 25.8 Å². The molecule has 0 bridgehead atoms. The maximum atomic E-state index is 12.3. The van der Waals surface area contributed by atoms with Gasteiger partial charge in [0, 0.05) is 5.02 Å². The van der Waals surface area contributed by atoms with Crippen molar-refractivity contribution in [2.24, 2.45) is 0 Å². The van der Waals surface area contributed by atoms with Crippen LogP contribution in [0, 0.1) is 0 Å². The zero-order chi connectivity index (χ0) is 17.4. The summed E-state index contributed by atoms with van der Waals surface area (Å²) in [6.45, 7) is -2.50. The topological polar surface area (TPSA) is 59.6 Å². The predicted octanol–water partition coefficient (Wildman–Crippen LogP) is 4.14. The molecule has 0 heterocycles. The lowest BCUT2D eigenvalue weighted by Crippen LogP contribution is -2.32. The average molecular weight is 357 g/mol. The van der Waals surface area contributed by atoms with Gasteiger partial charge < -0.3 is 20.1 Å². The molecule has 0 aliphatic carbocycles. The summed E-state index contributed by atoms with van der Waals surface area (Å²) < 4.78 is 34.3. The summed E-state index contributed by atoms with van der Waals surface area (Å²) in [6.07, 6.45) is 0. The van der Waals surface area contributed by atoms with Crippen molar-refractivity contribution in [3.63, 3.8) is 0 Å². The Morgan fingerprint density at radius 3 is 2.54 bits per heavy atom. The highest BCUT2D eigenvalue weighted by molar-refractivity contribution is 6.30. The smallest absolute Gasteiger partial charge is 0.387 e. The van der Waals surface area contributed by atoms with Crippen LogP contribution in [0.2, 0.25) is 5.02 Å². The summed E-state index contributed by atoms with van der Waals surface area (Å²) in [5.74, 6) is 0.511. The second-order valence-electron chi connectivity index (χ2n) is 4.56. The van der Waals surface area contributed by atoms with Crippen molar-refractivity contribution in [3.8, 4) is 11.5 Å². The van der Waals surface area contributed by atoms with E-state index in [1.165, 1.54) is 18.2 Å². The third-order valence-corrected chi connectivity index (χ3v) is 3.07. The van der Waals surface area contributed by atoms with E-state index in [4.69, 9.17) is 16.3 Å². The van der Waals surface area contributed by atoms with Crippen molar-refractivity contribution in [2.75, 3.05) is 18.5 Å². The van der Waals surface area contributed by atoms with E-state index in [2.05, 4.69) is 15.4 Å². The second kappa shape index (κ2) is 8.93. The number of hydrogen-bond donors (Lipinski definition) is 2. The van der Waals surface area contributed by atoms with Crippen LogP contribution < -0.4 is 20.1 Å². The minimum Gasteiger partial charge on any atom is -0.492 e.